The lowest BCUT2D eigenvalue weighted by Gasteiger charge is -2.23. The lowest BCUT2D eigenvalue weighted by atomic mass is 9.97. The van der Waals surface area contributed by atoms with Crippen molar-refractivity contribution in [2.75, 3.05) is 47.7 Å². The van der Waals surface area contributed by atoms with E-state index in [0.717, 1.165) is 37.8 Å². The molecule has 2 rings (SSSR count). The molecule has 2 aromatic rings. The van der Waals surface area contributed by atoms with E-state index in [1.54, 1.807) is 41.5 Å². The topological polar surface area (TPSA) is 308 Å². The molecule has 0 saturated carbocycles. The highest BCUT2D eigenvalue weighted by Gasteiger charge is 2.32. The number of carboxylic acids is 1. The van der Waals surface area contributed by atoms with E-state index >= 15 is 0 Å². The van der Waals surface area contributed by atoms with Crippen LogP contribution >= 0.6 is 45.2 Å². The summed E-state index contributed by atoms with van der Waals surface area (Å²) in [5.74, 6) is -6.63. The van der Waals surface area contributed by atoms with Gasteiger partial charge >= 0.3 is 41.8 Å². The Kier molecular flexibility index (Phi) is 46.7. The zero-order valence-electron chi connectivity index (χ0n) is 58.8. The van der Waals surface area contributed by atoms with Crippen molar-refractivity contribution in [3.05, 3.63) is 66.8 Å². The number of amides is 3. The maximum atomic E-state index is 13.3. The number of hydrogen-bond acceptors (Lipinski definition) is 17. The van der Waals surface area contributed by atoms with Crippen LogP contribution in [-0.2, 0) is 89.2 Å². The Hall–Kier alpha value is -5.08. The van der Waals surface area contributed by atoms with Crippen LogP contribution in [0, 0.1) is 19.0 Å². The number of carbonyl (C=O) groups excluding carboxylic acids is 9. The fraction of sp³-hybridized carbons (Fsp3) is 0.672. The highest BCUT2D eigenvalue weighted by molar-refractivity contribution is 14.1. The van der Waals surface area contributed by atoms with Gasteiger partial charge in [0.15, 0.2) is 0 Å². The fourth-order valence-electron chi connectivity index (χ4n) is 8.33. The molecule has 0 fully saturated rings. The Morgan fingerprint density at radius 3 is 1.26 bits per heavy atom. The first kappa shape index (κ1) is 87.9. The molecule has 93 heavy (non-hydrogen) atoms. The second-order valence-electron chi connectivity index (χ2n) is 26.8. The van der Waals surface area contributed by atoms with Crippen molar-refractivity contribution in [2.45, 2.75) is 232 Å². The number of halogens is 3. The molecule has 0 heterocycles. The smallest absolute Gasteiger partial charge is 0.328 e. The van der Waals surface area contributed by atoms with Crippen LogP contribution in [0.5, 0.6) is 0 Å². The van der Waals surface area contributed by atoms with Crippen LogP contribution in [0.15, 0.2) is 48.5 Å². The number of alkyl halides is 1. The first-order valence-corrected chi connectivity index (χ1v) is 41.4. The van der Waals surface area contributed by atoms with Gasteiger partial charge in [0, 0.05) is 67.4 Å². The van der Waals surface area contributed by atoms with Gasteiger partial charge in [0.2, 0.25) is 17.7 Å². The summed E-state index contributed by atoms with van der Waals surface area (Å²) in [4.78, 5) is 123. The largest absolute Gasteiger partial charge is 0.481 e. The number of aliphatic carboxylic acids is 1. The molecule has 21 nitrogen and oxygen atoms in total. The number of carboxylic acid groups (broad SMARTS) is 1. The molecule has 26 heteroatoms. The summed E-state index contributed by atoms with van der Waals surface area (Å²) in [6, 6.07) is 16.2. The minimum absolute atomic E-state index is 0.0251. The number of methoxy groups -OCH3 is 2. The Bertz CT molecular complexity index is 2560. The Morgan fingerprint density at radius 1 is 0.559 bits per heavy atom. The molecule has 1 unspecified atom stereocenters. The van der Waals surface area contributed by atoms with Crippen molar-refractivity contribution in [2.24, 2.45) is 17.6 Å². The maximum Gasteiger partial charge on any atom is 0.328 e. The third-order valence-corrected chi connectivity index (χ3v) is 18.2. The van der Waals surface area contributed by atoms with Crippen LogP contribution < -0.4 is 21.7 Å². The molecular formula is C67H111FI2N4O17Si2. The third kappa shape index (κ3) is 51.9. The molecule has 0 aliphatic heterocycles. The predicted molar refractivity (Wildman–Crippen MR) is 381 cm³/mol. The summed E-state index contributed by atoms with van der Waals surface area (Å²) in [6.45, 7) is 25.1. The highest BCUT2D eigenvalue weighted by atomic mass is 127. The molecule has 2 aromatic carbocycles. The number of carbonyl (C=O) groups is 10. The Balaban J connectivity index is 0. The second-order valence-corrected chi connectivity index (χ2v) is 40.5. The van der Waals surface area contributed by atoms with Gasteiger partial charge in [-0.25, -0.2) is 9.59 Å². The zero-order chi connectivity index (χ0) is 72.1. The maximum absolute atomic E-state index is 13.3. The summed E-state index contributed by atoms with van der Waals surface area (Å²) in [6.07, 6.45) is 6.66. The molecule has 3 amide bonds. The van der Waals surface area contributed by atoms with Gasteiger partial charge in [0.05, 0.1) is 48.8 Å². The molecular weight excluding hydrogens is 1460 g/mol. The van der Waals surface area contributed by atoms with E-state index in [9.17, 15) is 52.3 Å². The minimum atomic E-state index is -1.42. The van der Waals surface area contributed by atoms with Crippen LogP contribution in [0.3, 0.4) is 0 Å². The van der Waals surface area contributed by atoms with E-state index in [1.807, 2.05) is 24.3 Å². The van der Waals surface area contributed by atoms with Gasteiger partial charge in [-0.1, -0.05) is 63.5 Å². The predicted octanol–water partition coefficient (Wildman–Crippen LogP) is 11.6. The lowest BCUT2D eigenvalue weighted by Crippen LogP contribution is -2.45. The molecule has 0 aliphatic rings. The SMILES string of the molecule is COC(=O)[C@H](CCCCN)NC(=O)C(CCC(=O)OC(C)(C)C)CC(=O)OCC[Si](C)(C)C.COC(=O)[C@H](CCCCNC(=O)CCCc1ccc(I)cc1)NC(=O)[C@H](CCC(=O)OC(C)(C)C)CC(=O)OCC[Si](C)(C)C.O=C(O)CCCc1ccc(I)cc1.[2H]CF. The second kappa shape index (κ2) is 49.4. The van der Waals surface area contributed by atoms with E-state index in [2.05, 4.69) is 125 Å². The van der Waals surface area contributed by atoms with E-state index in [1.165, 1.54) is 32.5 Å². The van der Waals surface area contributed by atoms with Crippen LogP contribution in [-0.4, -0.2) is 152 Å². The number of rotatable bonds is 39. The summed E-state index contributed by atoms with van der Waals surface area (Å²) < 4.78 is 49.0. The van der Waals surface area contributed by atoms with E-state index in [-0.39, 0.29) is 57.5 Å². The normalized spacial score (nSPS) is 12.6. The number of esters is 6. The summed E-state index contributed by atoms with van der Waals surface area (Å²) in [5, 5.41) is 16.7. The molecule has 0 bridgehead atoms. The van der Waals surface area contributed by atoms with Gasteiger partial charge in [0.1, 0.15) is 23.3 Å². The van der Waals surface area contributed by atoms with Crippen molar-refractivity contribution < 1.29 is 87.2 Å². The van der Waals surface area contributed by atoms with Crippen LogP contribution in [0.2, 0.25) is 51.4 Å². The van der Waals surface area contributed by atoms with Crippen molar-refractivity contribution in [3.63, 3.8) is 0 Å². The molecule has 0 aromatic heterocycles. The minimum Gasteiger partial charge on any atom is -0.481 e. The number of hydrogen-bond donors (Lipinski definition) is 5. The van der Waals surface area contributed by atoms with Crippen LogP contribution in [0.4, 0.5) is 4.39 Å². The summed E-state index contributed by atoms with van der Waals surface area (Å²) >= 11 is 4.51. The highest BCUT2D eigenvalue weighted by Crippen LogP contribution is 2.21. The first-order valence-electron chi connectivity index (χ1n) is 32.5. The average Bonchev–Trinajstić information content (AvgIpc) is 0.978. The zero-order valence-corrected chi connectivity index (χ0v) is 64.1. The monoisotopic (exact) mass is 1570 g/mol. The fourth-order valence-corrected chi connectivity index (χ4v) is 10.5. The average molecular weight is 1570 g/mol. The number of unbranched alkanes of at least 4 members (excludes halogenated alkanes) is 2. The van der Waals surface area contributed by atoms with Gasteiger partial charge < -0.3 is 55.2 Å². The number of aryl methyl sites for hydroxylation is 2. The lowest BCUT2D eigenvalue weighted by molar-refractivity contribution is -0.157. The molecule has 6 N–H and O–H groups in total. The van der Waals surface area contributed by atoms with E-state index in [0.29, 0.717) is 64.6 Å². The van der Waals surface area contributed by atoms with E-state index < -0.39 is 112 Å². The number of ether oxygens (including phenoxy) is 6. The standard InChI is InChI=1S/C33H53IN2O8Si.C23H44N2O7Si.C10H11IO2.CH3F/c1-33(2,3)44-29(38)19-16-25(23-30(39)43-21-22-45(5,6)7)31(40)36-27(32(41)42-4)12-8-9-20-35-28(37)13-10-11-24-14-17-26(34)18-15-24;1-23(2,3)32-19(26)12-11-17(16-20(27)31-14-15-33(5,6)7)21(28)25-18(22(29)30-4)10-8-9-13-24;11-9-6-4-8(5-7-9)2-1-3-10(12)13;1-2/h14-15,17-18,25,27H,8-13,16,19-23H2,1-7H3,(H,35,37)(H,36,40);17-18H,8-16,24H2,1-7H3,(H,25,28);4-7H,1-3H2,(H,12,13);1H3/t25-,27+;17?,18-;;/m10../s1/i;;;1D. The van der Waals surface area contributed by atoms with Gasteiger partial charge in [-0.3, -0.25) is 42.7 Å². The van der Waals surface area contributed by atoms with Crippen LogP contribution in [0.1, 0.15) is 157 Å². The van der Waals surface area contributed by atoms with Crippen LogP contribution in [0.25, 0.3) is 0 Å². The molecule has 4 atom stereocenters. The van der Waals surface area contributed by atoms with Gasteiger partial charge in [-0.2, -0.15) is 0 Å². The number of benzene rings is 2. The Morgan fingerprint density at radius 2 is 0.925 bits per heavy atom. The summed E-state index contributed by atoms with van der Waals surface area (Å²) in [7, 11) is -1.29. The Labute approximate surface area is 584 Å². The quantitative estimate of drug-likeness (QED) is 0.0137. The van der Waals surface area contributed by atoms with Crippen molar-refractivity contribution >= 4 is 121 Å². The molecule has 0 aliphatic carbocycles. The molecule has 530 valence electrons. The van der Waals surface area contributed by atoms with Crippen molar-refractivity contribution in [3.8, 4) is 0 Å². The van der Waals surface area contributed by atoms with Gasteiger partial charge in [0.25, 0.3) is 0 Å². The van der Waals surface area contributed by atoms with E-state index in [4.69, 9.17) is 40.6 Å². The van der Waals surface area contributed by atoms with Gasteiger partial charge in [-0.15, -0.1) is 0 Å². The molecule has 0 saturated heterocycles. The summed E-state index contributed by atoms with van der Waals surface area (Å²) in [5.41, 5.74) is 6.59. The molecule has 0 radical (unpaired) electrons. The van der Waals surface area contributed by atoms with Crippen molar-refractivity contribution in [1.29, 1.82) is 0 Å². The van der Waals surface area contributed by atoms with Gasteiger partial charge in [-0.05, 0) is 218 Å². The number of nitrogens with two attached hydrogens (primary N) is 1. The third-order valence-electron chi connectivity index (χ3n) is 13.4. The first-order chi connectivity index (χ1) is 43.8. The number of nitrogens with one attached hydrogen (secondary N) is 3. The molecule has 0 spiro atoms. The van der Waals surface area contributed by atoms with Crippen molar-refractivity contribution in [1.82, 2.24) is 16.0 Å².